The lowest BCUT2D eigenvalue weighted by Gasteiger charge is -2.11. The van der Waals surface area contributed by atoms with Crippen LogP contribution in [0, 0.1) is 5.82 Å². The van der Waals surface area contributed by atoms with Gasteiger partial charge in [0.05, 0.1) is 11.8 Å². The minimum Gasteiger partial charge on any atom is -0.392 e. The van der Waals surface area contributed by atoms with Gasteiger partial charge in [0.25, 0.3) is 0 Å². The number of hydrogen-bond acceptors (Lipinski definition) is 5. The summed E-state index contributed by atoms with van der Waals surface area (Å²) in [5, 5.41) is 25.0. The molecule has 1 unspecified atom stereocenters. The van der Waals surface area contributed by atoms with Crippen LogP contribution >= 0.6 is 11.8 Å². The van der Waals surface area contributed by atoms with Gasteiger partial charge in [0.1, 0.15) is 5.82 Å². The van der Waals surface area contributed by atoms with Crippen molar-refractivity contribution in [1.29, 1.82) is 0 Å². The van der Waals surface area contributed by atoms with E-state index in [0.29, 0.717) is 16.5 Å². The molecule has 0 aliphatic rings. The Labute approximate surface area is 159 Å². The Morgan fingerprint density at radius 3 is 2.67 bits per heavy atom. The Bertz CT molecular complexity index is 1060. The second-order valence-electron chi connectivity index (χ2n) is 6.13. The molecule has 0 saturated heterocycles. The molecule has 0 spiro atoms. The predicted octanol–water partition coefficient (Wildman–Crippen LogP) is 3.65. The molecule has 4 rings (SSSR count). The monoisotopic (exact) mass is 380 g/mol. The normalized spacial score (nSPS) is 12.4. The third kappa shape index (κ3) is 3.84. The molecule has 1 aromatic heterocycles. The molecule has 1 atom stereocenters. The largest absolute Gasteiger partial charge is 0.392 e. The smallest absolute Gasteiger partial charge is 0.214 e. The molecular weight excluding hydrogens is 363 g/mol. The van der Waals surface area contributed by atoms with Crippen LogP contribution in [0.5, 0.6) is 0 Å². The molecule has 0 aliphatic carbocycles. The summed E-state index contributed by atoms with van der Waals surface area (Å²) in [5.74, 6) is 0.0570. The zero-order valence-electron chi connectivity index (χ0n) is 14.4. The molecule has 4 aromatic rings. The van der Waals surface area contributed by atoms with Crippen molar-refractivity contribution >= 4 is 22.5 Å². The number of thioether (sulfide) groups is 1. The molecule has 5 nitrogen and oxygen atoms in total. The van der Waals surface area contributed by atoms with Gasteiger partial charge in [-0.1, -0.05) is 66.4 Å². The fourth-order valence-corrected chi connectivity index (χ4v) is 3.77. The second-order valence-corrected chi connectivity index (χ2v) is 7.12. The molecule has 1 N–H and O–H groups in total. The Kier molecular flexibility index (Phi) is 5.13. The van der Waals surface area contributed by atoms with Crippen molar-refractivity contribution in [2.45, 2.75) is 17.7 Å². The highest BCUT2D eigenvalue weighted by Gasteiger charge is 2.15. The van der Waals surface area contributed by atoms with Crippen molar-refractivity contribution in [2.24, 2.45) is 0 Å². The summed E-state index contributed by atoms with van der Waals surface area (Å²) in [5.41, 5.74) is 1.38. The average Bonchev–Trinajstić information content (AvgIpc) is 3.16. The lowest BCUT2D eigenvalue weighted by Crippen LogP contribution is -2.15. The highest BCUT2D eigenvalue weighted by molar-refractivity contribution is 7.99. The number of tetrazole rings is 1. The summed E-state index contributed by atoms with van der Waals surface area (Å²) < 4.78 is 15.4. The fourth-order valence-electron chi connectivity index (χ4n) is 2.96. The Hall–Kier alpha value is -2.77. The van der Waals surface area contributed by atoms with Crippen LogP contribution in [0.25, 0.3) is 16.5 Å². The van der Waals surface area contributed by atoms with E-state index < -0.39 is 6.10 Å². The lowest BCUT2D eigenvalue weighted by molar-refractivity contribution is 0.198. The van der Waals surface area contributed by atoms with E-state index in [1.807, 2.05) is 42.5 Å². The summed E-state index contributed by atoms with van der Waals surface area (Å²) in [7, 11) is 0. The maximum absolute atomic E-state index is 13.7. The molecule has 0 bridgehead atoms. The third-order valence-electron chi connectivity index (χ3n) is 4.25. The molecule has 3 aromatic carbocycles. The number of fused-ring (bicyclic) bond motifs is 1. The molecule has 0 saturated carbocycles. The number of rotatable bonds is 6. The third-order valence-corrected chi connectivity index (χ3v) is 5.32. The van der Waals surface area contributed by atoms with E-state index >= 15 is 0 Å². The van der Waals surface area contributed by atoms with Gasteiger partial charge >= 0.3 is 0 Å². The molecule has 0 fully saturated rings. The Morgan fingerprint density at radius 1 is 1.00 bits per heavy atom. The second kappa shape index (κ2) is 7.85. The van der Waals surface area contributed by atoms with Crippen molar-refractivity contribution in [1.82, 2.24) is 20.2 Å². The Morgan fingerprint density at radius 2 is 1.78 bits per heavy atom. The molecule has 1 heterocycles. The number of aliphatic hydroxyl groups excluding tert-OH is 1. The van der Waals surface area contributed by atoms with Crippen LogP contribution in [-0.2, 0) is 6.42 Å². The fraction of sp³-hybridized carbons (Fsp3) is 0.150. The van der Waals surface area contributed by atoms with Crippen molar-refractivity contribution in [3.05, 3.63) is 78.1 Å². The van der Waals surface area contributed by atoms with Crippen LogP contribution in [-0.4, -0.2) is 37.2 Å². The summed E-state index contributed by atoms with van der Waals surface area (Å²) in [6, 6.07) is 20.5. The maximum Gasteiger partial charge on any atom is 0.214 e. The zero-order chi connectivity index (χ0) is 18.6. The van der Waals surface area contributed by atoms with Crippen molar-refractivity contribution < 1.29 is 9.50 Å². The number of benzene rings is 3. The first-order chi connectivity index (χ1) is 13.2. The van der Waals surface area contributed by atoms with Gasteiger partial charge in [0, 0.05) is 17.6 Å². The van der Waals surface area contributed by atoms with E-state index in [-0.39, 0.29) is 12.2 Å². The number of halogens is 1. The molecular formula is C20H17FN4OS. The van der Waals surface area contributed by atoms with Crippen LogP contribution in [0.1, 0.15) is 5.56 Å². The number of aliphatic hydroxyl groups is 1. The summed E-state index contributed by atoms with van der Waals surface area (Å²) >= 11 is 1.34. The summed E-state index contributed by atoms with van der Waals surface area (Å²) in [6.45, 7) is 0. The van der Waals surface area contributed by atoms with E-state index in [0.717, 1.165) is 16.5 Å². The van der Waals surface area contributed by atoms with Gasteiger partial charge in [-0.05, 0) is 33.5 Å². The minimum atomic E-state index is -0.704. The topological polar surface area (TPSA) is 63.8 Å². The maximum atomic E-state index is 13.7. The molecule has 136 valence electrons. The minimum absolute atomic E-state index is 0.246. The van der Waals surface area contributed by atoms with E-state index in [1.165, 1.54) is 17.8 Å². The summed E-state index contributed by atoms with van der Waals surface area (Å²) in [4.78, 5) is 0. The predicted molar refractivity (Wildman–Crippen MR) is 103 cm³/mol. The van der Waals surface area contributed by atoms with Crippen LogP contribution < -0.4 is 0 Å². The molecule has 0 radical (unpaired) electrons. The lowest BCUT2D eigenvalue weighted by atomic mass is 10.1. The van der Waals surface area contributed by atoms with E-state index in [2.05, 4.69) is 15.5 Å². The quantitative estimate of drug-likeness (QED) is 0.517. The molecule has 0 amide bonds. The van der Waals surface area contributed by atoms with Crippen LogP contribution in [0.15, 0.2) is 71.9 Å². The molecule has 27 heavy (non-hydrogen) atoms. The van der Waals surface area contributed by atoms with Crippen LogP contribution in [0.3, 0.4) is 0 Å². The van der Waals surface area contributed by atoms with Gasteiger partial charge in [-0.25, -0.2) is 4.39 Å². The first kappa shape index (κ1) is 17.6. The molecule has 0 aliphatic heterocycles. The van der Waals surface area contributed by atoms with Crippen molar-refractivity contribution in [3.8, 4) is 5.69 Å². The van der Waals surface area contributed by atoms with Crippen LogP contribution in [0.4, 0.5) is 4.39 Å². The van der Waals surface area contributed by atoms with Crippen molar-refractivity contribution in [3.63, 3.8) is 0 Å². The highest BCUT2D eigenvalue weighted by atomic mass is 32.2. The SMILES string of the molecule is OC(CSc1nnnn1-c1cccc2ccccc12)Cc1ccccc1F. The van der Waals surface area contributed by atoms with E-state index in [4.69, 9.17) is 0 Å². The first-order valence-electron chi connectivity index (χ1n) is 8.53. The van der Waals surface area contributed by atoms with Gasteiger partial charge in [0.2, 0.25) is 5.16 Å². The first-order valence-corrected chi connectivity index (χ1v) is 9.52. The van der Waals surface area contributed by atoms with Gasteiger partial charge in [-0.15, -0.1) is 5.10 Å². The standard InChI is InChI=1S/C20H17FN4OS/c21-18-10-4-2-7-15(18)12-16(26)13-27-20-22-23-24-25(20)19-11-5-8-14-6-1-3-9-17(14)19/h1-11,16,26H,12-13H2. The zero-order valence-corrected chi connectivity index (χ0v) is 15.2. The number of nitrogens with zero attached hydrogens (tertiary/aromatic N) is 4. The van der Waals surface area contributed by atoms with Gasteiger partial charge in [-0.3, -0.25) is 0 Å². The van der Waals surface area contributed by atoms with Crippen molar-refractivity contribution in [2.75, 3.05) is 5.75 Å². The summed E-state index contributed by atoms with van der Waals surface area (Å²) in [6.07, 6.45) is -0.459. The average molecular weight is 380 g/mol. The number of aromatic nitrogens is 4. The number of hydrogen-bond donors (Lipinski definition) is 1. The Balaban J connectivity index is 1.52. The van der Waals surface area contributed by atoms with Gasteiger partial charge < -0.3 is 5.11 Å². The molecule has 7 heteroatoms. The van der Waals surface area contributed by atoms with Crippen LogP contribution in [0.2, 0.25) is 0 Å². The highest BCUT2D eigenvalue weighted by Crippen LogP contribution is 2.26. The van der Waals surface area contributed by atoms with Gasteiger partial charge in [0.15, 0.2) is 0 Å². The van der Waals surface area contributed by atoms with E-state index in [9.17, 15) is 9.50 Å². The van der Waals surface area contributed by atoms with Gasteiger partial charge in [-0.2, -0.15) is 4.68 Å². The van der Waals surface area contributed by atoms with E-state index in [1.54, 1.807) is 22.9 Å².